The van der Waals surface area contributed by atoms with E-state index in [0.29, 0.717) is 11.2 Å². The van der Waals surface area contributed by atoms with Crippen LogP contribution in [0.15, 0.2) is 22.7 Å². The first-order valence-corrected chi connectivity index (χ1v) is 6.03. The summed E-state index contributed by atoms with van der Waals surface area (Å²) in [5.74, 6) is 0. The molecule has 0 spiro atoms. The highest BCUT2D eigenvalue weighted by atomic mass is 79.9. The molecule has 0 aliphatic carbocycles. The Morgan fingerprint density at radius 1 is 1.40 bits per heavy atom. The molecule has 15 heavy (non-hydrogen) atoms. The molecule has 1 rings (SSSR count). The molecule has 0 aromatic heterocycles. The lowest BCUT2D eigenvalue weighted by molar-refractivity contribution is 0.739. The van der Waals surface area contributed by atoms with Crippen LogP contribution in [0.1, 0.15) is 19.4 Å². The van der Waals surface area contributed by atoms with Gasteiger partial charge in [-0.3, -0.25) is 0 Å². The van der Waals surface area contributed by atoms with Crippen LogP contribution >= 0.6 is 28.1 Å². The SMILES string of the molecule is Cc1cc(NC(=S)NC(C)C)ccc1Br. The van der Waals surface area contributed by atoms with Crippen molar-refractivity contribution in [3.8, 4) is 0 Å². The van der Waals surface area contributed by atoms with Crippen LogP contribution in [0.4, 0.5) is 5.69 Å². The summed E-state index contributed by atoms with van der Waals surface area (Å²) in [6, 6.07) is 6.40. The molecule has 2 nitrogen and oxygen atoms in total. The maximum absolute atomic E-state index is 5.15. The van der Waals surface area contributed by atoms with Gasteiger partial charge in [0.15, 0.2) is 5.11 Å². The quantitative estimate of drug-likeness (QED) is 0.815. The van der Waals surface area contributed by atoms with Crippen molar-refractivity contribution in [3.63, 3.8) is 0 Å². The molecule has 0 bridgehead atoms. The average molecular weight is 287 g/mol. The van der Waals surface area contributed by atoms with Crippen LogP contribution < -0.4 is 10.6 Å². The van der Waals surface area contributed by atoms with Crippen molar-refractivity contribution in [2.24, 2.45) is 0 Å². The molecule has 0 amide bonds. The molecule has 1 aromatic rings. The minimum absolute atomic E-state index is 0.349. The smallest absolute Gasteiger partial charge is 0.170 e. The third-order valence-electron chi connectivity index (χ3n) is 1.84. The third kappa shape index (κ3) is 4.18. The molecular weight excluding hydrogens is 272 g/mol. The summed E-state index contributed by atoms with van der Waals surface area (Å²) < 4.78 is 1.11. The molecular formula is C11H15BrN2S. The van der Waals surface area contributed by atoms with Gasteiger partial charge in [-0.25, -0.2) is 0 Å². The zero-order valence-electron chi connectivity index (χ0n) is 9.10. The van der Waals surface area contributed by atoms with E-state index < -0.39 is 0 Å². The van der Waals surface area contributed by atoms with Gasteiger partial charge in [-0.15, -0.1) is 0 Å². The molecule has 0 unspecified atom stereocenters. The number of aryl methyl sites for hydroxylation is 1. The second-order valence-electron chi connectivity index (χ2n) is 3.72. The van der Waals surface area contributed by atoms with Gasteiger partial charge < -0.3 is 10.6 Å². The number of benzene rings is 1. The summed E-state index contributed by atoms with van der Waals surface area (Å²) in [5, 5.41) is 6.93. The lowest BCUT2D eigenvalue weighted by Crippen LogP contribution is -2.33. The van der Waals surface area contributed by atoms with E-state index in [1.165, 1.54) is 5.56 Å². The summed E-state index contributed by atoms with van der Waals surface area (Å²) in [4.78, 5) is 0. The van der Waals surface area contributed by atoms with Crippen LogP contribution in [0, 0.1) is 6.92 Å². The Labute approximate surface area is 105 Å². The summed E-state index contributed by atoms with van der Waals surface area (Å²) >= 11 is 8.61. The number of thiocarbonyl (C=S) groups is 1. The van der Waals surface area contributed by atoms with Gasteiger partial charge in [-0.2, -0.15) is 0 Å². The Hall–Kier alpha value is -0.610. The van der Waals surface area contributed by atoms with Crippen molar-refractivity contribution < 1.29 is 0 Å². The van der Waals surface area contributed by atoms with Gasteiger partial charge in [-0.05, 0) is 56.8 Å². The zero-order valence-corrected chi connectivity index (χ0v) is 11.5. The van der Waals surface area contributed by atoms with E-state index in [2.05, 4.69) is 46.5 Å². The monoisotopic (exact) mass is 286 g/mol. The van der Waals surface area contributed by atoms with Gasteiger partial charge in [0, 0.05) is 16.2 Å². The lowest BCUT2D eigenvalue weighted by atomic mass is 10.2. The molecule has 2 N–H and O–H groups in total. The van der Waals surface area contributed by atoms with Crippen molar-refractivity contribution in [2.75, 3.05) is 5.32 Å². The van der Waals surface area contributed by atoms with E-state index in [0.717, 1.165) is 10.2 Å². The topological polar surface area (TPSA) is 24.1 Å². The van der Waals surface area contributed by atoms with Gasteiger partial charge in [0.2, 0.25) is 0 Å². The maximum Gasteiger partial charge on any atom is 0.170 e. The molecule has 0 aliphatic rings. The molecule has 82 valence electrons. The van der Waals surface area contributed by atoms with Crippen LogP contribution in [-0.4, -0.2) is 11.2 Å². The molecule has 0 fully saturated rings. The van der Waals surface area contributed by atoms with E-state index in [1.54, 1.807) is 0 Å². The number of nitrogens with one attached hydrogen (secondary N) is 2. The van der Waals surface area contributed by atoms with Gasteiger partial charge in [0.25, 0.3) is 0 Å². The Morgan fingerprint density at radius 3 is 2.60 bits per heavy atom. The third-order valence-corrected chi connectivity index (χ3v) is 2.95. The average Bonchev–Trinajstić information content (AvgIpc) is 2.10. The minimum Gasteiger partial charge on any atom is -0.360 e. The van der Waals surface area contributed by atoms with Crippen molar-refractivity contribution in [1.82, 2.24) is 5.32 Å². The largest absolute Gasteiger partial charge is 0.360 e. The number of rotatable bonds is 2. The fraction of sp³-hybridized carbons (Fsp3) is 0.364. The molecule has 0 saturated carbocycles. The Balaban J connectivity index is 2.65. The number of hydrogen-bond donors (Lipinski definition) is 2. The van der Waals surface area contributed by atoms with Crippen LogP contribution in [-0.2, 0) is 0 Å². The minimum atomic E-state index is 0.349. The fourth-order valence-electron chi connectivity index (χ4n) is 1.15. The summed E-state index contributed by atoms with van der Waals surface area (Å²) in [6.07, 6.45) is 0. The second-order valence-corrected chi connectivity index (χ2v) is 4.98. The van der Waals surface area contributed by atoms with Crippen molar-refractivity contribution in [3.05, 3.63) is 28.2 Å². The summed E-state index contributed by atoms with van der Waals surface area (Å²) in [7, 11) is 0. The van der Waals surface area contributed by atoms with E-state index in [-0.39, 0.29) is 0 Å². The molecule has 0 heterocycles. The molecule has 0 aliphatic heterocycles. The molecule has 0 radical (unpaired) electrons. The molecule has 4 heteroatoms. The van der Waals surface area contributed by atoms with Gasteiger partial charge >= 0.3 is 0 Å². The first kappa shape index (κ1) is 12.5. The van der Waals surface area contributed by atoms with Gasteiger partial charge in [0.1, 0.15) is 0 Å². The van der Waals surface area contributed by atoms with Crippen molar-refractivity contribution >= 4 is 38.9 Å². The summed E-state index contributed by atoms with van der Waals surface area (Å²) in [5.41, 5.74) is 2.20. The molecule has 0 atom stereocenters. The first-order valence-electron chi connectivity index (χ1n) is 4.82. The highest BCUT2D eigenvalue weighted by Crippen LogP contribution is 2.19. The van der Waals surface area contributed by atoms with Crippen molar-refractivity contribution in [1.29, 1.82) is 0 Å². The van der Waals surface area contributed by atoms with E-state index >= 15 is 0 Å². The zero-order chi connectivity index (χ0) is 11.4. The van der Waals surface area contributed by atoms with Crippen LogP contribution in [0.5, 0.6) is 0 Å². The highest BCUT2D eigenvalue weighted by molar-refractivity contribution is 9.10. The Kier molecular flexibility index (Phi) is 4.54. The Morgan fingerprint density at radius 2 is 2.07 bits per heavy atom. The van der Waals surface area contributed by atoms with E-state index in [9.17, 15) is 0 Å². The second kappa shape index (κ2) is 5.47. The maximum atomic E-state index is 5.15. The standard InChI is InChI=1S/C11H15BrN2S/c1-7(2)13-11(15)14-9-4-5-10(12)8(3)6-9/h4-7H,1-3H3,(H2,13,14,15). The number of halogens is 1. The Bertz CT molecular complexity index is 364. The van der Waals surface area contributed by atoms with Gasteiger partial charge in [0.05, 0.1) is 0 Å². The lowest BCUT2D eigenvalue weighted by Gasteiger charge is -2.13. The van der Waals surface area contributed by atoms with Crippen molar-refractivity contribution in [2.45, 2.75) is 26.8 Å². The fourth-order valence-corrected chi connectivity index (χ4v) is 1.75. The summed E-state index contributed by atoms with van der Waals surface area (Å²) in [6.45, 7) is 6.16. The predicted octanol–water partition coefficient (Wildman–Crippen LogP) is 3.45. The normalized spacial score (nSPS) is 10.2. The van der Waals surface area contributed by atoms with Crippen LogP contribution in [0.2, 0.25) is 0 Å². The predicted molar refractivity (Wildman–Crippen MR) is 73.4 cm³/mol. The molecule has 1 aromatic carbocycles. The first-order chi connectivity index (χ1) is 6.99. The van der Waals surface area contributed by atoms with Gasteiger partial charge in [-0.1, -0.05) is 15.9 Å². The molecule has 0 saturated heterocycles. The van der Waals surface area contributed by atoms with E-state index in [1.807, 2.05) is 19.1 Å². The number of anilines is 1. The highest BCUT2D eigenvalue weighted by Gasteiger charge is 2.00. The number of hydrogen-bond acceptors (Lipinski definition) is 1. The van der Waals surface area contributed by atoms with Crippen LogP contribution in [0.3, 0.4) is 0 Å². The van der Waals surface area contributed by atoms with Crippen LogP contribution in [0.25, 0.3) is 0 Å². The van der Waals surface area contributed by atoms with E-state index in [4.69, 9.17) is 12.2 Å².